The Hall–Kier alpha value is -1.06. The van der Waals surface area contributed by atoms with Crippen LogP contribution in [-0.2, 0) is 0 Å². The van der Waals surface area contributed by atoms with Crippen molar-refractivity contribution in [3.05, 3.63) is 28.8 Å². The van der Waals surface area contributed by atoms with Gasteiger partial charge in [-0.05, 0) is 39.1 Å². The van der Waals surface area contributed by atoms with E-state index in [1.807, 2.05) is 12.1 Å². The number of hydrogen-bond donors (Lipinski definition) is 0. The third-order valence-electron chi connectivity index (χ3n) is 3.82. The van der Waals surface area contributed by atoms with Crippen molar-refractivity contribution in [2.24, 2.45) is 0 Å². The Morgan fingerprint density at radius 3 is 2.44 bits per heavy atom. The van der Waals surface area contributed by atoms with Gasteiger partial charge in [0, 0.05) is 41.4 Å². The van der Waals surface area contributed by atoms with Crippen LogP contribution in [-0.4, -0.2) is 43.4 Å². The van der Waals surface area contributed by atoms with E-state index < -0.39 is 0 Å². The second kappa shape index (κ2) is 5.29. The lowest BCUT2D eigenvalue weighted by atomic mass is 10.1. The maximum Gasteiger partial charge on any atom is 0.152 e. The Morgan fingerprint density at radius 1 is 1.28 bits per heavy atom. The number of rotatable bonds is 2. The van der Waals surface area contributed by atoms with Crippen LogP contribution in [0, 0.1) is 0 Å². The van der Waals surface area contributed by atoms with Crippen LogP contribution in [0.5, 0.6) is 0 Å². The molecule has 0 N–H and O–H groups in total. The van der Waals surface area contributed by atoms with Crippen molar-refractivity contribution < 1.29 is 4.79 Å². The lowest BCUT2D eigenvalue weighted by Crippen LogP contribution is -2.55. The van der Waals surface area contributed by atoms with Crippen LogP contribution < -0.4 is 4.90 Å². The molecule has 1 aromatic rings. The molecule has 1 aliphatic heterocycles. The summed E-state index contributed by atoms with van der Waals surface area (Å²) < 4.78 is 0. The van der Waals surface area contributed by atoms with Crippen LogP contribution >= 0.6 is 11.6 Å². The first-order chi connectivity index (χ1) is 8.52. The first-order valence-electron chi connectivity index (χ1n) is 6.24. The Morgan fingerprint density at radius 2 is 1.89 bits per heavy atom. The summed E-state index contributed by atoms with van der Waals surface area (Å²) in [6.45, 7) is 6.28. The molecule has 4 heteroatoms. The van der Waals surface area contributed by atoms with Crippen molar-refractivity contribution >= 4 is 23.6 Å². The van der Waals surface area contributed by atoms with Crippen molar-refractivity contribution in [1.82, 2.24) is 4.90 Å². The smallest absolute Gasteiger partial charge is 0.152 e. The monoisotopic (exact) mass is 266 g/mol. The minimum Gasteiger partial charge on any atom is -0.368 e. The fraction of sp³-hybridized carbons (Fsp3) is 0.500. The van der Waals surface area contributed by atoms with Gasteiger partial charge < -0.3 is 4.90 Å². The number of halogens is 1. The van der Waals surface area contributed by atoms with E-state index in [2.05, 4.69) is 30.7 Å². The van der Waals surface area contributed by atoms with Gasteiger partial charge in [0.15, 0.2) is 6.29 Å². The zero-order valence-corrected chi connectivity index (χ0v) is 11.8. The number of piperazine rings is 1. The Labute approximate surface area is 113 Å². The van der Waals surface area contributed by atoms with E-state index in [1.54, 1.807) is 6.07 Å². The first kappa shape index (κ1) is 13.4. The van der Waals surface area contributed by atoms with Gasteiger partial charge in [-0.1, -0.05) is 11.6 Å². The van der Waals surface area contributed by atoms with Crippen LogP contribution in [0.15, 0.2) is 18.2 Å². The zero-order chi connectivity index (χ0) is 13.3. The Kier molecular flexibility index (Phi) is 3.93. The van der Waals surface area contributed by atoms with E-state index in [0.717, 1.165) is 25.1 Å². The van der Waals surface area contributed by atoms with Crippen molar-refractivity contribution in [3.8, 4) is 0 Å². The normalized spacial score (nSPS) is 25.2. The summed E-state index contributed by atoms with van der Waals surface area (Å²) in [6, 6.07) is 6.47. The van der Waals surface area contributed by atoms with Crippen LogP contribution in [0.2, 0.25) is 5.02 Å². The predicted octanol–water partition coefficient (Wildman–Crippen LogP) is 2.68. The summed E-state index contributed by atoms with van der Waals surface area (Å²) in [5.41, 5.74) is 1.66. The largest absolute Gasteiger partial charge is 0.368 e. The number of carbonyl (C=O) groups is 1. The van der Waals surface area contributed by atoms with E-state index >= 15 is 0 Å². The molecular weight excluding hydrogens is 248 g/mol. The van der Waals surface area contributed by atoms with Crippen LogP contribution in [0.25, 0.3) is 0 Å². The summed E-state index contributed by atoms with van der Waals surface area (Å²) in [5.74, 6) is 0. The molecule has 0 aromatic heterocycles. The van der Waals surface area contributed by atoms with Gasteiger partial charge in [0.2, 0.25) is 0 Å². The van der Waals surface area contributed by atoms with Gasteiger partial charge in [-0.15, -0.1) is 0 Å². The first-order valence-corrected chi connectivity index (χ1v) is 6.62. The molecule has 0 bridgehead atoms. The summed E-state index contributed by atoms with van der Waals surface area (Å²) >= 11 is 5.93. The molecule has 0 saturated carbocycles. The standard InChI is InChI=1S/C14H19ClN2O/c1-10-7-17(8-11(2)16(10)3)14-5-4-13(15)6-12(14)9-18/h4-6,9-11H,7-8H2,1-3H3. The highest BCUT2D eigenvalue weighted by atomic mass is 35.5. The van der Waals surface area contributed by atoms with Crippen LogP contribution in [0.4, 0.5) is 5.69 Å². The molecule has 0 radical (unpaired) electrons. The highest BCUT2D eigenvalue weighted by molar-refractivity contribution is 6.31. The molecule has 0 aliphatic carbocycles. The van der Waals surface area contributed by atoms with Gasteiger partial charge in [-0.3, -0.25) is 9.69 Å². The molecule has 0 amide bonds. The average molecular weight is 267 g/mol. The number of carbonyl (C=O) groups excluding carboxylic acids is 1. The number of likely N-dealkylation sites (N-methyl/N-ethyl adjacent to an activating group) is 1. The second-order valence-corrected chi connectivity index (χ2v) is 5.53. The van der Waals surface area contributed by atoms with Gasteiger partial charge in [-0.25, -0.2) is 0 Å². The number of aldehydes is 1. The van der Waals surface area contributed by atoms with Crippen molar-refractivity contribution in [3.63, 3.8) is 0 Å². The molecule has 1 saturated heterocycles. The molecule has 1 aliphatic rings. The van der Waals surface area contributed by atoms with E-state index in [0.29, 0.717) is 22.7 Å². The Bertz CT molecular complexity index is 437. The minimum absolute atomic E-state index is 0.476. The van der Waals surface area contributed by atoms with Gasteiger partial charge >= 0.3 is 0 Å². The second-order valence-electron chi connectivity index (χ2n) is 5.09. The molecule has 98 valence electrons. The molecule has 1 fully saturated rings. The maximum atomic E-state index is 11.2. The van der Waals surface area contributed by atoms with E-state index in [-0.39, 0.29) is 0 Å². The summed E-state index contributed by atoms with van der Waals surface area (Å²) in [6.07, 6.45) is 0.884. The molecular formula is C14H19ClN2O. The molecule has 1 heterocycles. The fourth-order valence-corrected chi connectivity index (χ4v) is 2.69. The van der Waals surface area contributed by atoms with Gasteiger partial charge in [0.25, 0.3) is 0 Å². The quantitative estimate of drug-likeness (QED) is 0.769. The molecule has 0 spiro atoms. The van der Waals surface area contributed by atoms with Crippen molar-refractivity contribution in [1.29, 1.82) is 0 Å². The zero-order valence-electron chi connectivity index (χ0n) is 11.1. The van der Waals surface area contributed by atoms with Crippen LogP contribution in [0.1, 0.15) is 24.2 Å². The number of anilines is 1. The SMILES string of the molecule is CC1CN(c2ccc(Cl)cc2C=O)CC(C)N1C. The predicted molar refractivity (Wildman–Crippen MR) is 75.7 cm³/mol. The van der Waals surface area contributed by atoms with Gasteiger partial charge in [0.1, 0.15) is 0 Å². The van der Waals surface area contributed by atoms with E-state index in [9.17, 15) is 4.79 Å². The summed E-state index contributed by atoms with van der Waals surface area (Å²) in [7, 11) is 2.15. The van der Waals surface area contributed by atoms with Gasteiger partial charge in [-0.2, -0.15) is 0 Å². The van der Waals surface area contributed by atoms with E-state index in [1.165, 1.54) is 0 Å². The number of hydrogen-bond acceptors (Lipinski definition) is 3. The third-order valence-corrected chi connectivity index (χ3v) is 4.05. The van der Waals surface area contributed by atoms with E-state index in [4.69, 9.17) is 11.6 Å². The van der Waals surface area contributed by atoms with Gasteiger partial charge in [0.05, 0.1) is 0 Å². The molecule has 2 rings (SSSR count). The number of benzene rings is 1. The van der Waals surface area contributed by atoms with Crippen molar-refractivity contribution in [2.75, 3.05) is 25.0 Å². The number of nitrogens with zero attached hydrogens (tertiary/aromatic N) is 2. The average Bonchev–Trinajstić information content (AvgIpc) is 2.35. The lowest BCUT2D eigenvalue weighted by Gasteiger charge is -2.43. The third kappa shape index (κ3) is 2.52. The topological polar surface area (TPSA) is 23.6 Å². The molecule has 2 unspecified atom stereocenters. The highest BCUT2D eigenvalue weighted by Crippen LogP contribution is 2.26. The van der Waals surface area contributed by atoms with Crippen LogP contribution in [0.3, 0.4) is 0 Å². The molecule has 3 nitrogen and oxygen atoms in total. The Balaban J connectivity index is 2.29. The lowest BCUT2D eigenvalue weighted by molar-refractivity contribution is 0.112. The summed E-state index contributed by atoms with van der Waals surface area (Å²) in [5, 5.41) is 0.607. The summed E-state index contributed by atoms with van der Waals surface area (Å²) in [4.78, 5) is 15.8. The molecule has 1 aromatic carbocycles. The van der Waals surface area contributed by atoms with Crippen molar-refractivity contribution in [2.45, 2.75) is 25.9 Å². The highest BCUT2D eigenvalue weighted by Gasteiger charge is 2.27. The molecule has 2 atom stereocenters. The molecule has 18 heavy (non-hydrogen) atoms. The maximum absolute atomic E-state index is 11.2. The fourth-order valence-electron chi connectivity index (χ4n) is 2.51. The minimum atomic E-state index is 0.476.